The Kier molecular flexibility index (Phi) is 4.14. The lowest BCUT2D eigenvalue weighted by Gasteiger charge is -2.04. The zero-order chi connectivity index (χ0) is 14.7. The van der Waals surface area contributed by atoms with Crippen LogP contribution in [0.5, 0.6) is 0 Å². The molecule has 0 bridgehead atoms. The van der Waals surface area contributed by atoms with Crippen LogP contribution < -0.4 is 4.87 Å². The molecule has 8 heteroatoms. The van der Waals surface area contributed by atoms with E-state index in [4.69, 9.17) is 4.74 Å². The summed E-state index contributed by atoms with van der Waals surface area (Å²) in [5.74, 6) is -0.494. The maximum absolute atomic E-state index is 11.8. The summed E-state index contributed by atoms with van der Waals surface area (Å²) in [6.07, 6.45) is 0.706. The predicted octanol–water partition coefficient (Wildman–Crippen LogP) is 1.92. The number of benzene rings is 1. The van der Waals surface area contributed by atoms with Crippen LogP contribution >= 0.6 is 11.3 Å². The Labute approximate surface area is 117 Å². The zero-order valence-corrected chi connectivity index (χ0v) is 11.5. The molecule has 1 aromatic heterocycles. The molecule has 106 valence electrons. The molecule has 0 spiro atoms. The molecule has 0 amide bonds. The Hall–Kier alpha value is -2.22. The molecule has 0 N–H and O–H groups in total. The number of ether oxygens (including phenoxy) is 1. The number of carbonyl (C=O) groups is 1. The molecule has 0 atom stereocenters. The fourth-order valence-electron chi connectivity index (χ4n) is 1.71. The van der Waals surface area contributed by atoms with Crippen molar-refractivity contribution in [3.05, 3.63) is 38.0 Å². The number of carbonyl (C=O) groups excluding carboxylic acids is 1. The van der Waals surface area contributed by atoms with E-state index >= 15 is 0 Å². The van der Waals surface area contributed by atoms with Gasteiger partial charge in [0.05, 0.1) is 21.7 Å². The quantitative estimate of drug-likeness (QED) is 0.477. The van der Waals surface area contributed by atoms with Gasteiger partial charge in [-0.2, -0.15) is 0 Å². The Morgan fingerprint density at radius 2 is 2.25 bits per heavy atom. The van der Waals surface area contributed by atoms with Gasteiger partial charge in [-0.25, -0.2) is 0 Å². The summed E-state index contributed by atoms with van der Waals surface area (Å²) < 4.78 is 6.67. The Balaban J connectivity index is 2.34. The molecule has 0 aliphatic heterocycles. The first-order valence-electron chi connectivity index (χ1n) is 5.96. The van der Waals surface area contributed by atoms with Crippen LogP contribution in [0.15, 0.2) is 23.0 Å². The van der Waals surface area contributed by atoms with Crippen LogP contribution in [0.2, 0.25) is 0 Å². The average Bonchev–Trinajstić information content (AvgIpc) is 2.72. The topological polar surface area (TPSA) is 91.4 Å². The van der Waals surface area contributed by atoms with E-state index in [-0.39, 0.29) is 17.1 Å². The number of hydrogen-bond donors (Lipinski definition) is 0. The van der Waals surface area contributed by atoms with Crippen molar-refractivity contribution in [3.8, 4) is 0 Å². The van der Waals surface area contributed by atoms with Gasteiger partial charge >= 0.3 is 10.8 Å². The maximum Gasteiger partial charge on any atom is 0.326 e. The van der Waals surface area contributed by atoms with Crippen LogP contribution in [0.3, 0.4) is 0 Å². The molecular formula is C12H12N2O5S. The lowest BCUT2D eigenvalue weighted by molar-refractivity contribution is -0.384. The minimum absolute atomic E-state index is 0.0838. The summed E-state index contributed by atoms with van der Waals surface area (Å²) in [5, 5.41) is 10.7. The minimum Gasteiger partial charge on any atom is -0.464 e. The molecule has 1 heterocycles. The van der Waals surface area contributed by atoms with Crippen molar-refractivity contribution in [1.82, 2.24) is 4.57 Å². The average molecular weight is 296 g/mol. The maximum atomic E-state index is 11.8. The van der Waals surface area contributed by atoms with E-state index in [0.717, 1.165) is 11.3 Å². The van der Waals surface area contributed by atoms with Gasteiger partial charge in [0.15, 0.2) is 0 Å². The van der Waals surface area contributed by atoms with E-state index in [9.17, 15) is 19.7 Å². The first-order chi connectivity index (χ1) is 9.52. The van der Waals surface area contributed by atoms with Crippen molar-refractivity contribution in [1.29, 1.82) is 0 Å². The predicted molar refractivity (Wildman–Crippen MR) is 74.0 cm³/mol. The van der Waals surface area contributed by atoms with Crippen LogP contribution in [0.25, 0.3) is 10.2 Å². The smallest absolute Gasteiger partial charge is 0.326 e. The highest BCUT2D eigenvalue weighted by Gasteiger charge is 2.15. The second-order valence-electron chi connectivity index (χ2n) is 4.08. The van der Waals surface area contributed by atoms with Crippen LogP contribution in [-0.4, -0.2) is 22.1 Å². The van der Waals surface area contributed by atoms with Gasteiger partial charge in [0, 0.05) is 12.1 Å². The summed E-state index contributed by atoms with van der Waals surface area (Å²) in [4.78, 5) is 33.2. The molecule has 0 radical (unpaired) electrons. The lowest BCUT2D eigenvalue weighted by Crippen LogP contribution is -2.21. The number of nitro benzene ring substituents is 1. The standard InChI is InChI=1S/C12H12N2O5S/c1-2-5-19-11(15)7-13-9-4-3-8(14(17)18)6-10(9)20-12(13)16/h3-4,6H,2,5,7H2,1H3. The number of nitrogens with zero attached hydrogens (tertiary/aromatic N) is 2. The normalized spacial score (nSPS) is 10.7. The van der Waals surface area contributed by atoms with Gasteiger partial charge < -0.3 is 4.74 Å². The largest absolute Gasteiger partial charge is 0.464 e. The fourth-order valence-corrected chi connectivity index (χ4v) is 2.63. The molecule has 0 unspecified atom stereocenters. The van der Waals surface area contributed by atoms with Gasteiger partial charge in [-0.05, 0) is 12.5 Å². The third-order valence-electron chi connectivity index (χ3n) is 2.62. The highest BCUT2D eigenvalue weighted by Crippen LogP contribution is 2.23. The SMILES string of the molecule is CCCOC(=O)Cn1c(=O)sc2cc([N+](=O)[O-])ccc21. The van der Waals surface area contributed by atoms with Crippen LogP contribution in [-0.2, 0) is 16.1 Å². The zero-order valence-electron chi connectivity index (χ0n) is 10.7. The van der Waals surface area contributed by atoms with Crippen molar-refractivity contribution in [2.24, 2.45) is 0 Å². The van der Waals surface area contributed by atoms with Gasteiger partial charge in [-0.3, -0.25) is 24.3 Å². The molecule has 2 aromatic rings. The monoisotopic (exact) mass is 296 g/mol. The Bertz CT molecular complexity index is 718. The lowest BCUT2D eigenvalue weighted by atomic mass is 10.3. The van der Waals surface area contributed by atoms with E-state index in [2.05, 4.69) is 0 Å². The van der Waals surface area contributed by atoms with E-state index in [1.165, 1.54) is 22.8 Å². The number of esters is 1. The summed E-state index contributed by atoms with van der Waals surface area (Å²) >= 11 is 0.871. The van der Waals surface area contributed by atoms with Gasteiger partial charge in [0.25, 0.3) is 5.69 Å². The highest BCUT2D eigenvalue weighted by atomic mass is 32.1. The first-order valence-corrected chi connectivity index (χ1v) is 6.78. The number of thiazole rings is 1. The van der Waals surface area contributed by atoms with E-state index in [1.807, 2.05) is 6.92 Å². The second-order valence-corrected chi connectivity index (χ2v) is 5.08. The van der Waals surface area contributed by atoms with Gasteiger partial charge in [0.1, 0.15) is 6.54 Å². The molecule has 0 aliphatic rings. The summed E-state index contributed by atoms with van der Waals surface area (Å²) in [6.45, 7) is 2.00. The number of non-ortho nitro benzene ring substituents is 1. The molecule has 0 saturated carbocycles. The number of rotatable bonds is 5. The number of nitro groups is 1. The van der Waals surface area contributed by atoms with Crippen molar-refractivity contribution in [2.45, 2.75) is 19.9 Å². The van der Waals surface area contributed by atoms with Gasteiger partial charge in [-0.1, -0.05) is 18.3 Å². The van der Waals surface area contributed by atoms with Gasteiger partial charge in [0.2, 0.25) is 0 Å². The minimum atomic E-state index is -0.524. The summed E-state index contributed by atoms with van der Waals surface area (Å²) in [5.41, 5.74) is 0.415. The van der Waals surface area contributed by atoms with Crippen LogP contribution in [0.1, 0.15) is 13.3 Å². The molecule has 7 nitrogen and oxygen atoms in total. The number of fused-ring (bicyclic) bond motifs is 1. The summed E-state index contributed by atoms with van der Waals surface area (Å²) in [6, 6.07) is 4.11. The van der Waals surface area contributed by atoms with E-state index in [1.54, 1.807) is 0 Å². The third-order valence-corrected chi connectivity index (χ3v) is 3.56. The molecule has 1 aromatic carbocycles. The summed E-state index contributed by atoms with van der Waals surface area (Å²) in [7, 11) is 0. The second kappa shape index (κ2) is 5.83. The van der Waals surface area contributed by atoms with E-state index in [0.29, 0.717) is 23.2 Å². The van der Waals surface area contributed by atoms with Crippen molar-refractivity contribution >= 4 is 33.2 Å². The first kappa shape index (κ1) is 14.2. The van der Waals surface area contributed by atoms with Crippen LogP contribution in [0.4, 0.5) is 5.69 Å². The van der Waals surface area contributed by atoms with Crippen LogP contribution in [0, 0.1) is 10.1 Å². The Morgan fingerprint density at radius 3 is 2.90 bits per heavy atom. The third kappa shape index (κ3) is 2.85. The molecule has 0 fully saturated rings. The molecule has 0 aliphatic carbocycles. The van der Waals surface area contributed by atoms with Crippen molar-refractivity contribution < 1.29 is 14.5 Å². The number of aromatic nitrogens is 1. The van der Waals surface area contributed by atoms with Crippen molar-refractivity contribution in [2.75, 3.05) is 6.61 Å². The van der Waals surface area contributed by atoms with Crippen molar-refractivity contribution in [3.63, 3.8) is 0 Å². The molecular weight excluding hydrogens is 284 g/mol. The highest BCUT2D eigenvalue weighted by molar-refractivity contribution is 7.16. The molecule has 0 saturated heterocycles. The molecule has 2 rings (SSSR count). The van der Waals surface area contributed by atoms with Gasteiger partial charge in [-0.15, -0.1) is 0 Å². The molecule has 20 heavy (non-hydrogen) atoms. The Morgan fingerprint density at radius 1 is 1.50 bits per heavy atom. The van der Waals surface area contributed by atoms with E-state index < -0.39 is 10.9 Å². The fraction of sp³-hybridized carbons (Fsp3) is 0.333. The number of hydrogen-bond acceptors (Lipinski definition) is 6.